The summed E-state index contributed by atoms with van der Waals surface area (Å²) in [5.74, 6) is -0.354. The molecule has 0 aliphatic heterocycles. The van der Waals surface area contributed by atoms with Crippen LogP contribution in [-0.4, -0.2) is 35.4 Å². The standard InChI is InChI=1S/C16H21BrN2O5/c1-16(2,3)24-15(21)23-11-6-5-10(9-11)19-12(7-8-13(19)17)14(20)18-22-4/h5-8,10-11H,9H2,1-4H3,(H,18,20)/t10-,11+/m1/s1. The third-order valence-electron chi connectivity index (χ3n) is 3.29. The molecular formula is C16H21BrN2O5. The van der Waals surface area contributed by atoms with Gasteiger partial charge in [0.15, 0.2) is 0 Å². The summed E-state index contributed by atoms with van der Waals surface area (Å²) in [6.07, 6.45) is 3.08. The summed E-state index contributed by atoms with van der Waals surface area (Å²) in [5, 5.41) is 0. The molecule has 132 valence electrons. The number of aromatic nitrogens is 1. The van der Waals surface area contributed by atoms with E-state index in [0.717, 1.165) is 4.60 Å². The van der Waals surface area contributed by atoms with Crippen molar-refractivity contribution in [3.05, 3.63) is 34.6 Å². The van der Waals surface area contributed by atoms with Crippen molar-refractivity contribution >= 4 is 28.0 Å². The molecule has 0 unspecified atom stereocenters. The van der Waals surface area contributed by atoms with Gasteiger partial charge in [0, 0.05) is 6.42 Å². The van der Waals surface area contributed by atoms with E-state index >= 15 is 0 Å². The lowest BCUT2D eigenvalue weighted by Crippen LogP contribution is -2.28. The maximum Gasteiger partial charge on any atom is 0.509 e. The van der Waals surface area contributed by atoms with E-state index in [0.29, 0.717) is 12.1 Å². The Labute approximate surface area is 149 Å². The van der Waals surface area contributed by atoms with Gasteiger partial charge < -0.3 is 14.0 Å². The largest absolute Gasteiger partial charge is 0.509 e. The molecule has 1 aromatic heterocycles. The fourth-order valence-electron chi connectivity index (χ4n) is 2.41. The SMILES string of the molecule is CONC(=O)c1ccc(Br)n1[C@@H]1C=C[C@H](OC(=O)OC(C)(C)C)C1. The number of carbonyl (C=O) groups excluding carboxylic acids is 2. The quantitative estimate of drug-likeness (QED) is 0.476. The van der Waals surface area contributed by atoms with E-state index < -0.39 is 17.9 Å². The van der Waals surface area contributed by atoms with E-state index in [1.54, 1.807) is 39.0 Å². The van der Waals surface area contributed by atoms with Crippen LogP contribution in [0.25, 0.3) is 0 Å². The smallest absolute Gasteiger partial charge is 0.429 e. The first-order chi connectivity index (χ1) is 11.2. The molecule has 0 aromatic carbocycles. The van der Waals surface area contributed by atoms with Crippen LogP contribution in [-0.2, 0) is 14.3 Å². The van der Waals surface area contributed by atoms with Gasteiger partial charge in [0.2, 0.25) is 0 Å². The van der Waals surface area contributed by atoms with Crippen molar-refractivity contribution in [1.29, 1.82) is 0 Å². The molecule has 2 atom stereocenters. The second kappa shape index (κ2) is 7.40. The van der Waals surface area contributed by atoms with E-state index in [1.807, 2.05) is 10.6 Å². The van der Waals surface area contributed by atoms with E-state index in [4.69, 9.17) is 9.47 Å². The minimum absolute atomic E-state index is 0.126. The number of nitrogens with one attached hydrogen (secondary N) is 1. The number of allylic oxidation sites excluding steroid dienone is 1. The second-order valence-corrected chi connectivity index (χ2v) is 7.17. The molecule has 2 rings (SSSR count). The molecule has 0 fully saturated rings. The third kappa shape index (κ3) is 4.61. The Morgan fingerprint density at radius 3 is 2.62 bits per heavy atom. The van der Waals surface area contributed by atoms with Crippen LogP contribution >= 0.6 is 15.9 Å². The summed E-state index contributed by atoms with van der Waals surface area (Å²) in [7, 11) is 1.38. The van der Waals surface area contributed by atoms with Crippen molar-refractivity contribution in [1.82, 2.24) is 10.0 Å². The van der Waals surface area contributed by atoms with Gasteiger partial charge in [-0.2, -0.15) is 0 Å². The van der Waals surface area contributed by atoms with E-state index in [2.05, 4.69) is 26.2 Å². The number of hydrogen-bond acceptors (Lipinski definition) is 5. The van der Waals surface area contributed by atoms with Gasteiger partial charge in [-0.25, -0.2) is 10.3 Å². The molecule has 1 heterocycles. The minimum atomic E-state index is -0.707. The Morgan fingerprint density at radius 2 is 2.00 bits per heavy atom. The number of nitrogens with zero attached hydrogens (tertiary/aromatic N) is 1. The summed E-state index contributed by atoms with van der Waals surface area (Å²) >= 11 is 3.43. The molecular weight excluding hydrogens is 380 g/mol. The van der Waals surface area contributed by atoms with Gasteiger partial charge in [-0.3, -0.25) is 9.63 Å². The Balaban J connectivity index is 2.04. The van der Waals surface area contributed by atoms with E-state index in [-0.39, 0.29) is 11.9 Å². The van der Waals surface area contributed by atoms with Crippen LogP contribution < -0.4 is 5.48 Å². The van der Waals surface area contributed by atoms with Gasteiger partial charge >= 0.3 is 6.16 Å². The average molecular weight is 401 g/mol. The molecule has 1 amide bonds. The van der Waals surface area contributed by atoms with Crippen molar-refractivity contribution < 1.29 is 23.9 Å². The first kappa shape index (κ1) is 18.5. The summed E-state index contributed by atoms with van der Waals surface area (Å²) in [6.45, 7) is 5.33. The molecule has 1 aliphatic carbocycles. The fourth-order valence-corrected chi connectivity index (χ4v) is 3.00. The highest BCUT2D eigenvalue weighted by Crippen LogP contribution is 2.31. The Bertz CT molecular complexity index is 647. The van der Waals surface area contributed by atoms with Gasteiger partial charge in [-0.05, 0) is 54.9 Å². The number of amides is 1. The predicted octanol–water partition coefficient (Wildman–Crippen LogP) is 3.36. The van der Waals surface area contributed by atoms with Gasteiger partial charge in [0.25, 0.3) is 5.91 Å². The lowest BCUT2D eigenvalue weighted by Gasteiger charge is -2.21. The van der Waals surface area contributed by atoms with Gasteiger partial charge in [0.1, 0.15) is 17.4 Å². The normalized spacial score (nSPS) is 20.0. The highest BCUT2D eigenvalue weighted by atomic mass is 79.9. The number of halogens is 1. The van der Waals surface area contributed by atoms with Crippen LogP contribution in [0.2, 0.25) is 0 Å². The molecule has 8 heteroatoms. The monoisotopic (exact) mass is 400 g/mol. The van der Waals surface area contributed by atoms with E-state index in [1.165, 1.54) is 7.11 Å². The molecule has 0 bridgehead atoms. The Morgan fingerprint density at radius 1 is 1.29 bits per heavy atom. The van der Waals surface area contributed by atoms with Gasteiger partial charge in [0.05, 0.1) is 17.8 Å². The molecule has 0 radical (unpaired) electrons. The molecule has 24 heavy (non-hydrogen) atoms. The van der Waals surface area contributed by atoms with Crippen molar-refractivity contribution in [2.45, 2.75) is 44.9 Å². The van der Waals surface area contributed by atoms with Crippen LogP contribution in [0.4, 0.5) is 4.79 Å². The Hall–Kier alpha value is -1.80. The molecule has 0 saturated carbocycles. The van der Waals surface area contributed by atoms with Crippen LogP contribution in [0.1, 0.15) is 43.7 Å². The zero-order chi connectivity index (χ0) is 17.9. The number of carbonyl (C=O) groups is 2. The number of hydroxylamine groups is 1. The maximum atomic E-state index is 12.0. The number of hydrogen-bond donors (Lipinski definition) is 1. The zero-order valence-electron chi connectivity index (χ0n) is 14.0. The van der Waals surface area contributed by atoms with Gasteiger partial charge in [-0.15, -0.1) is 0 Å². The van der Waals surface area contributed by atoms with Crippen molar-refractivity contribution in [3.8, 4) is 0 Å². The Kier molecular flexibility index (Phi) is 5.71. The first-order valence-corrected chi connectivity index (χ1v) is 8.28. The highest BCUT2D eigenvalue weighted by molar-refractivity contribution is 9.10. The number of ether oxygens (including phenoxy) is 2. The lowest BCUT2D eigenvalue weighted by molar-refractivity contribution is -0.0192. The van der Waals surface area contributed by atoms with Crippen molar-refractivity contribution in [2.24, 2.45) is 0 Å². The van der Waals surface area contributed by atoms with Crippen LogP contribution in [0.15, 0.2) is 28.9 Å². The van der Waals surface area contributed by atoms with Crippen LogP contribution in [0.3, 0.4) is 0 Å². The third-order valence-corrected chi connectivity index (χ3v) is 3.93. The molecule has 1 aliphatic rings. The summed E-state index contributed by atoms with van der Waals surface area (Å²) in [4.78, 5) is 28.5. The number of rotatable bonds is 4. The van der Waals surface area contributed by atoms with Crippen LogP contribution in [0.5, 0.6) is 0 Å². The summed E-state index contributed by atoms with van der Waals surface area (Å²) in [6, 6.07) is 3.34. The molecule has 0 spiro atoms. The first-order valence-electron chi connectivity index (χ1n) is 7.49. The minimum Gasteiger partial charge on any atom is -0.429 e. The van der Waals surface area contributed by atoms with Crippen molar-refractivity contribution in [2.75, 3.05) is 7.11 Å². The maximum absolute atomic E-state index is 12.0. The molecule has 1 aromatic rings. The molecule has 1 N–H and O–H groups in total. The predicted molar refractivity (Wildman–Crippen MR) is 90.5 cm³/mol. The molecule has 7 nitrogen and oxygen atoms in total. The summed E-state index contributed by atoms with van der Waals surface area (Å²) in [5.41, 5.74) is 2.14. The highest BCUT2D eigenvalue weighted by Gasteiger charge is 2.29. The van der Waals surface area contributed by atoms with Crippen LogP contribution in [0, 0.1) is 0 Å². The lowest BCUT2D eigenvalue weighted by atomic mass is 10.2. The second-order valence-electron chi connectivity index (χ2n) is 6.36. The summed E-state index contributed by atoms with van der Waals surface area (Å²) < 4.78 is 13.0. The van der Waals surface area contributed by atoms with E-state index in [9.17, 15) is 9.59 Å². The van der Waals surface area contributed by atoms with Crippen molar-refractivity contribution in [3.63, 3.8) is 0 Å². The molecule has 0 saturated heterocycles. The average Bonchev–Trinajstić information content (AvgIpc) is 3.03. The fraction of sp³-hybridized carbons (Fsp3) is 0.500. The zero-order valence-corrected chi connectivity index (χ0v) is 15.6. The topological polar surface area (TPSA) is 78.8 Å². The van der Waals surface area contributed by atoms with Gasteiger partial charge in [-0.1, -0.05) is 6.08 Å².